The van der Waals surface area contributed by atoms with Crippen molar-refractivity contribution in [2.24, 2.45) is 0 Å². The molecular weight excluding hydrogens is 496 g/mol. The Hall–Kier alpha value is -4.98. The van der Waals surface area contributed by atoms with Gasteiger partial charge >= 0.3 is 0 Å². The molecule has 0 saturated heterocycles. The zero-order valence-corrected chi connectivity index (χ0v) is 21.4. The summed E-state index contributed by atoms with van der Waals surface area (Å²) in [7, 11) is 3.19. The summed E-state index contributed by atoms with van der Waals surface area (Å²) in [6.07, 6.45) is 0. The monoisotopic (exact) mass is 522 g/mol. The molecule has 2 aliphatic rings. The lowest BCUT2D eigenvalue weighted by atomic mass is 9.78. The van der Waals surface area contributed by atoms with E-state index in [-0.39, 0.29) is 18.6 Å². The summed E-state index contributed by atoms with van der Waals surface area (Å²) < 4.78 is 21.6. The Morgan fingerprint density at radius 3 is 2.23 bits per heavy atom. The molecule has 39 heavy (non-hydrogen) atoms. The van der Waals surface area contributed by atoms with Crippen LogP contribution in [0.4, 0.5) is 11.4 Å². The number of nitrogens with zero attached hydrogens (tertiary/aromatic N) is 1. The molecule has 0 aliphatic carbocycles. The highest BCUT2D eigenvalue weighted by molar-refractivity contribution is 6.12. The number of anilines is 2. The third-order valence-corrected chi connectivity index (χ3v) is 7.07. The van der Waals surface area contributed by atoms with Gasteiger partial charge in [-0.25, -0.2) is 0 Å². The maximum Gasteiger partial charge on any atom is 0.259 e. The number of amides is 2. The maximum absolute atomic E-state index is 14.2. The van der Waals surface area contributed by atoms with Gasteiger partial charge in [0.2, 0.25) is 12.7 Å². The summed E-state index contributed by atoms with van der Waals surface area (Å²) in [6, 6.07) is 26.6. The lowest BCUT2D eigenvalue weighted by molar-refractivity contribution is -0.118. The first-order valence-corrected chi connectivity index (χ1v) is 12.5. The van der Waals surface area contributed by atoms with E-state index in [0.29, 0.717) is 45.5 Å². The Balaban J connectivity index is 1.48. The van der Waals surface area contributed by atoms with Crippen LogP contribution in [0.3, 0.4) is 0 Å². The van der Waals surface area contributed by atoms with Crippen molar-refractivity contribution in [1.29, 1.82) is 0 Å². The van der Waals surface area contributed by atoms with Crippen molar-refractivity contribution in [2.75, 3.05) is 31.2 Å². The molecule has 0 bridgehead atoms. The number of fused-ring (bicyclic) bond motifs is 2. The fraction of sp³-hybridized carbons (Fsp3) is 0.161. The van der Waals surface area contributed by atoms with E-state index in [0.717, 1.165) is 5.56 Å². The average molecular weight is 523 g/mol. The topological polar surface area (TPSA) is 86.3 Å². The van der Waals surface area contributed by atoms with Crippen molar-refractivity contribution >= 4 is 23.2 Å². The van der Waals surface area contributed by atoms with Gasteiger partial charge in [-0.2, -0.15) is 0 Å². The zero-order valence-electron chi connectivity index (χ0n) is 21.4. The molecule has 2 heterocycles. The van der Waals surface area contributed by atoms with Gasteiger partial charge in [-0.05, 0) is 65.7 Å². The van der Waals surface area contributed by atoms with Gasteiger partial charge < -0.3 is 24.3 Å². The number of methoxy groups -OCH3 is 2. The van der Waals surface area contributed by atoms with Crippen LogP contribution < -0.4 is 29.2 Å². The van der Waals surface area contributed by atoms with E-state index in [1.165, 1.54) is 0 Å². The first-order valence-electron chi connectivity index (χ1n) is 12.5. The van der Waals surface area contributed by atoms with Gasteiger partial charge in [-0.15, -0.1) is 0 Å². The smallest absolute Gasteiger partial charge is 0.259 e. The number of ether oxygens (including phenoxy) is 4. The molecule has 0 spiro atoms. The van der Waals surface area contributed by atoms with Crippen LogP contribution in [0.5, 0.6) is 23.0 Å². The molecule has 6 rings (SSSR count). The molecule has 2 aliphatic heterocycles. The van der Waals surface area contributed by atoms with Crippen molar-refractivity contribution in [3.63, 3.8) is 0 Å². The van der Waals surface area contributed by atoms with Crippen LogP contribution in [0.25, 0.3) is 0 Å². The lowest BCUT2D eigenvalue weighted by Gasteiger charge is -2.42. The molecule has 8 heteroatoms. The van der Waals surface area contributed by atoms with Gasteiger partial charge in [0, 0.05) is 23.0 Å². The largest absolute Gasteiger partial charge is 0.497 e. The van der Waals surface area contributed by atoms with Gasteiger partial charge in [0.25, 0.3) is 5.91 Å². The third-order valence-electron chi connectivity index (χ3n) is 7.07. The number of hydrogen-bond donors (Lipinski definition) is 1. The second kappa shape index (κ2) is 10.1. The molecule has 0 unspecified atom stereocenters. The van der Waals surface area contributed by atoms with Gasteiger partial charge in [0.15, 0.2) is 11.5 Å². The minimum absolute atomic E-state index is 0.140. The number of nitrogens with one attached hydrogen (secondary N) is 1. The highest BCUT2D eigenvalue weighted by atomic mass is 16.7. The quantitative estimate of drug-likeness (QED) is 0.357. The van der Waals surface area contributed by atoms with E-state index in [1.807, 2.05) is 54.6 Å². The molecule has 0 fully saturated rings. The molecule has 0 saturated carbocycles. The minimum Gasteiger partial charge on any atom is -0.497 e. The van der Waals surface area contributed by atoms with E-state index in [1.54, 1.807) is 55.5 Å². The normalized spacial score (nSPS) is 17.4. The fourth-order valence-electron chi connectivity index (χ4n) is 5.18. The molecule has 196 valence electrons. The Morgan fingerprint density at radius 2 is 1.51 bits per heavy atom. The van der Waals surface area contributed by atoms with Gasteiger partial charge in [-0.3, -0.25) is 14.5 Å². The first-order chi connectivity index (χ1) is 19.1. The standard InChI is InChI=1S/C31H26N2O6/c1-36-22-12-7-19(8-13-22)29-28(30(34)32-20-9-16-26-27(17-20)39-18-38-26)24-5-3-4-6-25(24)31(35)33(29)21-10-14-23(37-2)15-11-21/h3-17,28-29H,18H2,1-2H3,(H,32,34)/t28-,29-/m0/s1. The summed E-state index contributed by atoms with van der Waals surface area (Å²) in [5.74, 6) is 1.37. The van der Waals surface area contributed by atoms with Crippen molar-refractivity contribution in [3.05, 3.63) is 108 Å². The SMILES string of the molecule is COc1ccc([C@H]2[C@@H](C(=O)Nc3ccc4c(c3)OCO4)c3ccccc3C(=O)N2c2ccc(OC)cc2)cc1. The minimum atomic E-state index is -0.722. The van der Waals surface area contributed by atoms with Crippen LogP contribution in [0.1, 0.15) is 33.4 Å². The Labute approximate surface area is 225 Å². The van der Waals surface area contributed by atoms with Gasteiger partial charge in [-0.1, -0.05) is 30.3 Å². The van der Waals surface area contributed by atoms with Crippen molar-refractivity contribution in [1.82, 2.24) is 0 Å². The Kier molecular flexibility index (Phi) is 6.28. The molecule has 2 amide bonds. The van der Waals surface area contributed by atoms with E-state index in [9.17, 15) is 9.59 Å². The molecule has 1 N–H and O–H groups in total. The fourth-order valence-corrected chi connectivity index (χ4v) is 5.18. The Bertz CT molecular complexity index is 1530. The van der Waals surface area contributed by atoms with Crippen LogP contribution in [0.15, 0.2) is 91.0 Å². The molecule has 8 nitrogen and oxygen atoms in total. The number of rotatable bonds is 6. The second-order valence-electron chi connectivity index (χ2n) is 9.21. The zero-order chi connectivity index (χ0) is 26.9. The van der Waals surface area contributed by atoms with E-state index in [2.05, 4.69) is 5.32 Å². The summed E-state index contributed by atoms with van der Waals surface area (Å²) in [5.41, 5.74) is 3.15. The lowest BCUT2D eigenvalue weighted by Crippen LogP contribution is -2.46. The molecule has 0 radical (unpaired) electrons. The molecule has 2 atom stereocenters. The van der Waals surface area contributed by atoms with Crippen LogP contribution in [-0.2, 0) is 4.79 Å². The van der Waals surface area contributed by atoms with Crippen molar-refractivity contribution in [3.8, 4) is 23.0 Å². The van der Waals surface area contributed by atoms with Crippen LogP contribution in [-0.4, -0.2) is 32.8 Å². The highest BCUT2D eigenvalue weighted by Gasteiger charge is 2.45. The van der Waals surface area contributed by atoms with Crippen LogP contribution >= 0.6 is 0 Å². The van der Waals surface area contributed by atoms with Gasteiger partial charge in [0.05, 0.1) is 26.2 Å². The third kappa shape index (κ3) is 4.40. The first kappa shape index (κ1) is 24.4. The molecule has 4 aromatic carbocycles. The maximum atomic E-state index is 14.2. The predicted octanol–water partition coefficient (Wildman–Crippen LogP) is 5.56. The van der Waals surface area contributed by atoms with E-state index in [4.69, 9.17) is 18.9 Å². The van der Waals surface area contributed by atoms with E-state index >= 15 is 0 Å². The summed E-state index contributed by atoms with van der Waals surface area (Å²) in [6.45, 7) is 0.140. The highest BCUT2D eigenvalue weighted by Crippen LogP contribution is 2.46. The summed E-state index contributed by atoms with van der Waals surface area (Å²) >= 11 is 0. The van der Waals surface area contributed by atoms with Crippen molar-refractivity contribution < 1.29 is 28.5 Å². The van der Waals surface area contributed by atoms with Crippen molar-refractivity contribution in [2.45, 2.75) is 12.0 Å². The van der Waals surface area contributed by atoms with Crippen LogP contribution in [0, 0.1) is 0 Å². The van der Waals surface area contributed by atoms with Crippen LogP contribution in [0.2, 0.25) is 0 Å². The van der Waals surface area contributed by atoms with E-state index < -0.39 is 12.0 Å². The summed E-state index contributed by atoms with van der Waals surface area (Å²) in [4.78, 5) is 29.9. The molecule has 0 aromatic heterocycles. The number of benzene rings is 4. The molecular formula is C31H26N2O6. The summed E-state index contributed by atoms with van der Waals surface area (Å²) in [5, 5.41) is 3.05. The second-order valence-corrected chi connectivity index (χ2v) is 9.21. The Morgan fingerprint density at radius 1 is 0.846 bits per heavy atom. The molecule has 4 aromatic rings. The number of carbonyl (C=O) groups is 2. The predicted molar refractivity (Wildman–Crippen MR) is 146 cm³/mol. The number of carbonyl (C=O) groups excluding carboxylic acids is 2. The average Bonchev–Trinajstić information content (AvgIpc) is 3.45. The van der Waals surface area contributed by atoms with Gasteiger partial charge in [0.1, 0.15) is 11.5 Å². The number of hydrogen-bond acceptors (Lipinski definition) is 6.